The third-order valence-corrected chi connectivity index (χ3v) is 3.68. The fourth-order valence-electron chi connectivity index (χ4n) is 2.87. The molecule has 1 aromatic carbocycles. The van der Waals surface area contributed by atoms with Gasteiger partial charge in [-0.05, 0) is 43.0 Å². The summed E-state index contributed by atoms with van der Waals surface area (Å²) in [5.41, 5.74) is 1.000. The summed E-state index contributed by atoms with van der Waals surface area (Å²) in [6.07, 6.45) is 1.85. The van der Waals surface area contributed by atoms with E-state index in [9.17, 15) is 9.18 Å². The topological polar surface area (TPSA) is 40.5 Å². The van der Waals surface area contributed by atoms with Crippen LogP contribution >= 0.6 is 0 Å². The number of nitrogens with zero attached hydrogens (tertiary/aromatic N) is 1. The van der Waals surface area contributed by atoms with Crippen molar-refractivity contribution in [3.63, 3.8) is 0 Å². The maximum absolute atomic E-state index is 13.3. The summed E-state index contributed by atoms with van der Waals surface area (Å²) in [4.78, 5) is 12.8. The van der Waals surface area contributed by atoms with Crippen LogP contribution in [0.15, 0.2) is 24.3 Å². The molecule has 0 aliphatic carbocycles. The summed E-state index contributed by atoms with van der Waals surface area (Å²) in [6.45, 7) is 3.90. The van der Waals surface area contributed by atoms with Crippen LogP contribution in [0, 0.1) is 11.7 Å². The summed E-state index contributed by atoms with van der Waals surface area (Å²) in [7, 11) is 0. The number of aliphatic carboxylic acids is 1. The van der Waals surface area contributed by atoms with Crippen molar-refractivity contribution in [2.24, 2.45) is 5.92 Å². The number of rotatable bonds is 5. The minimum atomic E-state index is -0.755. The van der Waals surface area contributed by atoms with E-state index in [0.717, 1.165) is 25.1 Å². The van der Waals surface area contributed by atoms with Crippen LogP contribution in [0.3, 0.4) is 0 Å². The molecule has 2 rings (SSSR count). The Bertz CT molecular complexity index is 450. The molecule has 0 unspecified atom stereocenters. The van der Waals surface area contributed by atoms with E-state index in [0.29, 0.717) is 12.3 Å². The molecule has 4 heteroatoms. The molecule has 1 aromatic rings. The normalized spacial score (nSPS) is 23.7. The van der Waals surface area contributed by atoms with Crippen LogP contribution in [0.5, 0.6) is 0 Å². The maximum atomic E-state index is 13.3. The average molecular weight is 265 g/mol. The van der Waals surface area contributed by atoms with Crippen molar-refractivity contribution >= 4 is 5.97 Å². The molecule has 1 aliphatic rings. The van der Waals surface area contributed by atoms with Crippen LogP contribution in [0.25, 0.3) is 0 Å². The smallest absolute Gasteiger partial charge is 0.303 e. The van der Waals surface area contributed by atoms with Crippen LogP contribution in [0.1, 0.15) is 37.8 Å². The zero-order valence-corrected chi connectivity index (χ0v) is 11.2. The summed E-state index contributed by atoms with van der Waals surface area (Å²) in [5.74, 6) is -0.393. The van der Waals surface area contributed by atoms with Crippen LogP contribution < -0.4 is 0 Å². The highest BCUT2D eigenvalue weighted by atomic mass is 19.1. The van der Waals surface area contributed by atoms with Gasteiger partial charge in [-0.3, -0.25) is 9.69 Å². The molecule has 0 spiro atoms. The highest BCUT2D eigenvalue weighted by Crippen LogP contribution is 2.35. The molecule has 0 amide bonds. The molecule has 19 heavy (non-hydrogen) atoms. The van der Waals surface area contributed by atoms with Gasteiger partial charge in [-0.2, -0.15) is 0 Å². The van der Waals surface area contributed by atoms with E-state index < -0.39 is 5.97 Å². The molecule has 1 heterocycles. The minimum Gasteiger partial charge on any atom is -0.481 e. The van der Waals surface area contributed by atoms with E-state index in [1.165, 1.54) is 6.07 Å². The molecule has 3 nitrogen and oxygen atoms in total. The molecule has 1 aliphatic heterocycles. The third-order valence-electron chi connectivity index (χ3n) is 3.68. The zero-order valence-electron chi connectivity index (χ0n) is 11.2. The van der Waals surface area contributed by atoms with E-state index in [1.54, 1.807) is 12.1 Å². The van der Waals surface area contributed by atoms with E-state index in [-0.39, 0.29) is 18.3 Å². The van der Waals surface area contributed by atoms with Gasteiger partial charge in [0.05, 0.1) is 0 Å². The highest BCUT2D eigenvalue weighted by Gasteiger charge is 2.30. The van der Waals surface area contributed by atoms with E-state index in [1.807, 2.05) is 6.07 Å². The van der Waals surface area contributed by atoms with E-state index in [2.05, 4.69) is 11.8 Å². The zero-order chi connectivity index (χ0) is 13.8. The number of benzene rings is 1. The lowest BCUT2D eigenvalue weighted by Gasteiger charge is -2.24. The first kappa shape index (κ1) is 14.0. The van der Waals surface area contributed by atoms with Gasteiger partial charge in [0.2, 0.25) is 0 Å². The fraction of sp³-hybridized carbons (Fsp3) is 0.533. The Kier molecular flexibility index (Phi) is 4.53. The van der Waals surface area contributed by atoms with Gasteiger partial charge in [0.1, 0.15) is 5.82 Å². The number of likely N-dealkylation sites (tertiary alicyclic amines) is 1. The number of halogens is 1. The van der Waals surface area contributed by atoms with E-state index in [4.69, 9.17) is 5.11 Å². The molecule has 0 aromatic heterocycles. The van der Waals surface area contributed by atoms with Gasteiger partial charge in [0.15, 0.2) is 0 Å². The van der Waals surface area contributed by atoms with Gasteiger partial charge in [0.25, 0.3) is 0 Å². The van der Waals surface area contributed by atoms with Crippen molar-refractivity contribution in [3.05, 3.63) is 35.6 Å². The van der Waals surface area contributed by atoms with Crippen molar-refractivity contribution in [2.45, 2.75) is 32.2 Å². The monoisotopic (exact) mass is 265 g/mol. The van der Waals surface area contributed by atoms with Crippen molar-refractivity contribution in [1.29, 1.82) is 0 Å². The maximum Gasteiger partial charge on any atom is 0.303 e. The summed E-state index contributed by atoms with van der Waals surface area (Å²) in [5, 5.41) is 8.69. The first-order valence-corrected chi connectivity index (χ1v) is 6.77. The van der Waals surface area contributed by atoms with E-state index >= 15 is 0 Å². The molecule has 1 N–H and O–H groups in total. The molecule has 1 saturated heterocycles. The Hall–Kier alpha value is -1.42. The lowest BCUT2D eigenvalue weighted by Crippen LogP contribution is -2.25. The standard InChI is InChI=1S/C15H20FNO2/c1-11-8-14(12-4-2-5-13(16)9-12)17(10-11)7-3-6-15(18)19/h2,4-5,9,11,14H,3,6-8,10H2,1H3,(H,18,19)/t11-,14+/m0/s1. The Morgan fingerprint density at radius 3 is 3.00 bits per heavy atom. The largest absolute Gasteiger partial charge is 0.481 e. The number of hydrogen-bond acceptors (Lipinski definition) is 2. The van der Waals surface area contributed by atoms with Gasteiger partial charge in [-0.25, -0.2) is 4.39 Å². The predicted octanol–water partition coefficient (Wildman–Crippen LogP) is 3.07. The van der Waals surface area contributed by atoms with Gasteiger partial charge >= 0.3 is 5.97 Å². The molecule has 2 atom stereocenters. The molecular formula is C15H20FNO2. The third kappa shape index (κ3) is 3.77. The Balaban J connectivity index is 2.02. The molecule has 0 saturated carbocycles. The van der Waals surface area contributed by atoms with Crippen LogP contribution in [0.2, 0.25) is 0 Å². The van der Waals surface area contributed by atoms with Crippen LogP contribution in [-0.2, 0) is 4.79 Å². The van der Waals surface area contributed by atoms with Crippen LogP contribution in [0.4, 0.5) is 4.39 Å². The molecule has 104 valence electrons. The first-order valence-electron chi connectivity index (χ1n) is 6.77. The average Bonchev–Trinajstić information content (AvgIpc) is 2.70. The second kappa shape index (κ2) is 6.15. The first-order chi connectivity index (χ1) is 9.06. The van der Waals surface area contributed by atoms with Crippen molar-refractivity contribution < 1.29 is 14.3 Å². The van der Waals surface area contributed by atoms with Gasteiger partial charge in [-0.15, -0.1) is 0 Å². The SMILES string of the molecule is C[C@H]1C[C@H](c2cccc(F)c2)N(CCCC(=O)O)C1. The molecule has 1 fully saturated rings. The lowest BCUT2D eigenvalue weighted by atomic mass is 10.0. The highest BCUT2D eigenvalue weighted by molar-refractivity contribution is 5.66. The predicted molar refractivity (Wildman–Crippen MR) is 71.4 cm³/mol. The van der Waals surface area contributed by atoms with Gasteiger partial charge in [0, 0.05) is 19.0 Å². The Labute approximate surface area is 113 Å². The number of carboxylic acids is 1. The van der Waals surface area contributed by atoms with Gasteiger partial charge in [-0.1, -0.05) is 19.1 Å². The molecular weight excluding hydrogens is 245 g/mol. The van der Waals surface area contributed by atoms with Crippen molar-refractivity contribution in [3.8, 4) is 0 Å². The van der Waals surface area contributed by atoms with Crippen molar-refractivity contribution in [2.75, 3.05) is 13.1 Å². The Morgan fingerprint density at radius 2 is 2.32 bits per heavy atom. The lowest BCUT2D eigenvalue weighted by molar-refractivity contribution is -0.137. The fourth-order valence-corrected chi connectivity index (χ4v) is 2.87. The number of carboxylic acid groups (broad SMARTS) is 1. The van der Waals surface area contributed by atoms with Crippen LogP contribution in [-0.4, -0.2) is 29.1 Å². The summed E-state index contributed by atoms with van der Waals surface area (Å²) >= 11 is 0. The number of carbonyl (C=O) groups is 1. The summed E-state index contributed by atoms with van der Waals surface area (Å²) in [6, 6.07) is 6.96. The Morgan fingerprint density at radius 1 is 1.53 bits per heavy atom. The van der Waals surface area contributed by atoms with Crippen molar-refractivity contribution in [1.82, 2.24) is 4.90 Å². The van der Waals surface area contributed by atoms with Gasteiger partial charge < -0.3 is 5.11 Å². The second-order valence-corrected chi connectivity index (χ2v) is 5.40. The molecule has 0 bridgehead atoms. The molecule has 0 radical (unpaired) electrons. The number of hydrogen-bond donors (Lipinski definition) is 1. The summed E-state index contributed by atoms with van der Waals surface area (Å²) < 4.78 is 13.3. The minimum absolute atomic E-state index is 0.195. The second-order valence-electron chi connectivity index (χ2n) is 5.40. The quantitative estimate of drug-likeness (QED) is 0.889.